The van der Waals surface area contributed by atoms with E-state index >= 15 is 0 Å². The minimum absolute atomic E-state index is 0.0939. The van der Waals surface area contributed by atoms with E-state index in [0.29, 0.717) is 81.0 Å². The SMILES string of the molecule is CC(C)c1c(C(=O)Nc2ccccc2)c(-c2ccccc2)c(-c2ccc(F)cc2)n1CC[C@@H](O)C[C@@H](O)CC(=O)O.CCCCC(=O)N(Cc1ccc(-c2ccccc2-c2nn[nH]n2)cc1)[C@H](C(=O)O)C(C)C.CCOC(=O)C1=C(COCCN)NC(C)=C(C(=O)OC)C1c1ccccc1Cl. The predicted octanol–water partition coefficient (Wildman–Crippen LogP) is 12.7. The number of halogens is 2. The van der Waals surface area contributed by atoms with Crippen LogP contribution in [-0.4, -0.2) is 138 Å². The summed E-state index contributed by atoms with van der Waals surface area (Å²) in [5.41, 5.74) is 16.1. The lowest BCUT2D eigenvalue weighted by molar-refractivity contribution is -0.153. The monoisotopic (exact) mass is 1400 g/mol. The average molecular weight is 1400 g/mol. The number of carbonyl (C=O) groups excluding carboxylic acids is 4. The number of nitrogens with two attached hydrogens (primary N) is 1. The van der Waals surface area contributed by atoms with E-state index in [2.05, 4.69) is 31.3 Å². The van der Waals surface area contributed by atoms with Gasteiger partial charge in [-0.25, -0.2) is 18.8 Å². The molecule has 1 unspecified atom stereocenters. The van der Waals surface area contributed by atoms with Crippen LogP contribution in [0.1, 0.15) is 126 Å². The number of dihydropyridines is 1. The number of aliphatic carboxylic acids is 2. The molecule has 0 bridgehead atoms. The number of H-pyrrole nitrogens is 1. The highest BCUT2D eigenvalue weighted by Crippen LogP contribution is 2.44. The van der Waals surface area contributed by atoms with Crippen LogP contribution in [0.2, 0.25) is 5.02 Å². The second-order valence-electron chi connectivity index (χ2n) is 24.6. The van der Waals surface area contributed by atoms with Crippen LogP contribution in [0.15, 0.2) is 180 Å². The summed E-state index contributed by atoms with van der Waals surface area (Å²) in [5.74, 6) is -4.58. The lowest BCUT2D eigenvalue weighted by atomic mass is 9.80. The van der Waals surface area contributed by atoms with Crippen molar-refractivity contribution in [1.82, 2.24) is 35.4 Å². The Bertz CT molecular complexity index is 4130. The van der Waals surface area contributed by atoms with Crippen molar-refractivity contribution in [2.75, 3.05) is 38.8 Å². The van der Waals surface area contributed by atoms with Gasteiger partial charge in [0.15, 0.2) is 0 Å². The molecule has 9 rings (SSSR count). The third-order valence-electron chi connectivity index (χ3n) is 16.6. The number of unbranched alkanes of at least 4 members (excludes halogenated alkanes) is 1. The molecule has 0 radical (unpaired) electrons. The van der Waals surface area contributed by atoms with Gasteiger partial charge >= 0.3 is 23.9 Å². The molecule has 4 atom stereocenters. The zero-order chi connectivity index (χ0) is 73.3. The second kappa shape index (κ2) is 38.4. The van der Waals surface area contributed by atoms with Crippen LogP contribution in [0.3, 0.4) is 0 Å². The summed E-state index contributed by atoms with van der Waals surface area (Å²) in [7, 11) is 1.29. The number of aliphatic hydroxyl groups excluding tert-OH is 2. The highest BCUT2D eigenvalue weighted by Gasteiger charge is 2.40. The third kappa shape index (κ3) is 21.0. The summed E-state index contributed by atoms with van der Waals surface area (Å²) in [5, 5.41) is 60.3. The summed E-state index contributed by atoms with van der Waals surface area (Å²) in [6, 6.07) is 46.5. The molecule has 6 aromatic carbocycles. The highest BCUT2D eigenvalue weighted by molar-refractivity contribution is 6.31. The Morgan fingerprint density at radius 1 is 0.772 bits per heavy atom. The number of hydrogen-bond acceptors (Lipinski definition) is 16. The quantitative estimate of drug-likeness (QED) is 0.0153. The maximum atomic E-state index is 14.0. The molecule has 0 saturated heterocycles. The maximum absolute atomic E-state index is 14.0. The standard InChI is InChI=1S/C33H35FN2O5.C24H29N5O3.C20H25ClN2O5/c1-21(2)31-30(33(41)35-25-11-7-4-8-12-25)29(22-9-5-3-6-10-22)32(23-13-15-24(34)16-14-23)36(31)18-17-26(37)19-27(38)20-28(39)40;1-4-5-10-21(30)29(22(16(2)3)24(31)32)15-17-11-13-18(14-12-17)19-8-6-7-9-20(19)23-25-27-28-26-23;1-4-28-20(25)18-15(11-27-10-9-22)23-12(2)16(19(24)26-3)17(18)13-7-5-6-8-14(13)21/h3-16,21,26-27,37-38H,17-20H2,1-2H3,(H,35,41)(H,39,40);6-9,11-14,16,22H,4-5,10,15H2,1-3H3,(H,31,32)(H,25,26,27,28);5-8,17,23H,4,9-11,22H2,1-3H3/t26-,27-;22-;/m10./s1. The van der Waals surface area contributed by atoms with Gasteiger partial charge in [-0.15, -0.1) is 10.2 Å². The molecule has 2 amide bonds. The number of benzene rings is 6. The number of amides is 2. The third-order valence-corrected chi connectivity index (χ3v) is 17.0. The normalized spacial score (nSPS) is 13.6. The Kier molecular flexibility index (Phi) is 29.7. The van der Waals surface area contributed by atoms with Gasteiger partial charge in [0.05, 0.1) is 79.6 Å². The minimum atomic E-state index is -1.18. The van der Waals surface area contributed by atoms with E-state index in [1.807, 2.05) is 148 Å². The highest BCUT2D eigenvalue weighted by atomic mass is 35.5. The number of tetrazole rings is 1. The first-order valence-electron chi connectivity index (χ1n) is 33.5. The minimum Gasteiger partial charge on any atom is -0.481 e. The summed E-state index contributed by atoms with van der Waals surface area (Å²) >= 11 is 6.42. The molecule has 8 aromatic rings. The molecule has 0 aliphatic carbocycles. The van der Waals surface area contributed by atoms with Crippen molar-refractivity contribution in [3.63, 3.8) is 0 Å². The summed E-state index contributed by atoms with van der Waals surface area (Å²) in [6.45, 7) is 14.6. The molecule has 0 saturated carbocycles. The fourth-order valence-corrected chi connectivity index (χ4v) is 12.4. The largest absolute Gasteiger partial charge is 0.481 e. The number of allylic oxidation sites excluding steroid dienone is 1. The number of ether oxygens (including phenoxy) is 3. The number of nitrogens with zero attached hydrogens (tertiary/aromatic N) is 5. The Morgan fingerprint density at radius 3 is 1.99 bits per heavy atom. The summed E-state index contributed by atoms with van der Waals surface area (Å²) < 4.78 is 31.8. The Morgan fingerprint density at radius 2 is 1.41 bits per heavy atom. The molecule has 24 heteroatoms. The zero-order valence-electron chi connectivity index (χ0n) is 58.0. The number of methoxy groups -OCH3 is 1. The number of carbonyl (C=O) groups is 6. The molecule has 1 aliphatic rings. The molecule has 0 spiro atoms. The van der Waals surface area contributed by atoms with Gasteiger partial charge in [-0.3, -0.25) is 14.4 Å². The molecule has 3 heterocycles. The number of hydrogen-bond donors (Lipinski definition) is 8. The number of para-hydroxylation sites is 1. The molecule has 0 fully saturated rings. The first-order chi connectivity index (χ1) is 48.5. The number of aromatic amines is 1. The molecule has 101 heavy (non-hydrogen) atoms. The van der Waals surface area contributed by atoms with Crippen molar-refractivity contribution in [1.29, 1.82) is 0 Å². The molecular weight excluding hydrogens is 1310 g/mol. The van der Waals surface area contributed by atoms with Gasteiger partial charge in [0, 0.05) is 59.3 Å². The van der Waals surface area contributed by atoms with Crippen LogP contribution >= 0.6 is 11.6 Å². The predicted molar refractivity (Wildman–Crippen MR) is 384 cm³/mol. The van der Waals surface area contributed by atoms with Crippen LogP contribution in [-0.2, 0) is 51.3 Å². The van der Waals surface area contributed by atoms with Gasteiger partial charge in [0.25, 0.3) is 5.91 Å². The van der Waals surface area contributed by atoms with E-state index in [0.717, 1.165) is 46.4 Å². The lowest BCUT2D eigenvalue weighted by Gasteiger charge is -2.32. The first kappa shape index (κ1) is 78.2. The van der Waals surface area contributed by atoms with Gasteiger partial charge in [0.2, 0.25) is 11.7 Å². The van der Waals surface area contributed by atoms with Crippen LogP contribution < -0.4 is 16.4 Å². The van der Waals surface area contributed by atoms with Crippen molar-refractivity contribution < 1.29 is 67.8 Å². The summed E-state index contributed by atoms with van der Waals surface area (Å²) in [4.78, 5) is 76.8. The molecular formula is C77H89ClFN9O13. The van der Waals surface area contributed by atoms with Gasteiger partial charge < -0.3 is 60.5 Å². The fraction of sp³-hybridized carbons (Fsp3) is 0.338. The lowest BCUT2D eigenvalue weighted by Crippen LogP contribution is -2.47. The topological polar surface area (TPSA) is 324 Å². The average Bonchev–Trinajstić information content (AvgIpc) is 1.63. The fourth-order valence-electron chi connectivity index (χ4n) is 12.1. The number of esters is 2. The number of anilines is 1. The number of rotatable bonds is 30. The maximum Gasteiger partial charge on any atom is 0.336 e. The molecule has 534 valence electrons. The van der Waals surface area contributed by atoms with Crippen LogP contribution in [0, 0.1) is 11.7 Å². The van der Waals surface area contributed by atoms with E-state index < -0.39 is 54.5 Å². The zero-order valence-corrected chi connectivity index (χ0v) is 58.7. The number of nitrogens with one attached hydrogen (secondary N) is 3. The van der Waals surface area contributed by atoms with Gasteiger partial charge in [-0.05, 0) is 126 Å². The van der Waals surface area contributed by atoms with Crippen LogP contribution in [0.25, 0.3) is 44.9 Å². The number of carboxylic acids is 2. The van der Waals surface area contributed by atoms with Gasteiger partial charge in [-0.2, -0.15) is 5.21 Å². The number of aromatic nitrogens is 5. The van der Waals surface area contributed by atoms with Crippen molar-refractivity contribution in [2.24, 2.45) is 11.7 Å². The van der Waals surface area contributed by atoms with Gasteiger partial charge in [-0.1, -0.05) is 168 Å². The van der Waals surface area contributed by atoms with E-state index in [4.69, 9.17) is 36.7 Å². The van der Waals surface area contributed by atoms with Crippen LogP contribution in [0.5, 0.6) is 0 Å². The Hall–Kier alpha value is -10.2. The van der Waals surface area contributed by atoms with E-state index in [9.17, 15) is 48.5 Å². The smallest absolute Gasteiger partial charge is 0.336 e. The molecule has 1 aliphatic heterocycles. The van der Waals surface area contributed by atoms with E-state index in [-0.39, 0.29) is 74.2 Å². The molecule has 22 nitrogen and oxygen atoms in total. The van der Waals surface area contributed by atoms with E-state index in [1.54, 1.807) is 50.2 Å². The summed E-state index contributed by atoms with van der Waals surface area (Å²) in [6.07, 6.45) is -0.533. The van der Waals surface area contributed by atoms with Crippen molar-refractivity contribution in [2.45, 2.75) is 130 Å². The Balaban J connectivity index is 0.000000217. The van der Waals surface area contributed by atoms with Crippen LogP contribution in [0.4, 0.5) is 10.1 Å². The number of carboxylic acid groups (broad SMARTS) is 2. The number of aliphatic hydroxyl groups is 2. The Labute approximate surface area is 592 Å². The van der Waals surface area contributed by atoms with Crippen molar-refractivity contribution in [3.05, 3.63) is 213 Å². The molecule has 2 aromatic heterocycles. The van der Waals surface area contributed by atoms with Gasteiger partial charge in [0.1, 0.15) is 11.9 Å². The molecule has 9 N–H and O–H groups in total. The first-order valence-corrected chi connectivity index (χ1v) is 33.9. The van der Waals surface area contributed by atoms with Crippen molar-refractivity contribution >= 4 is 53.0 Å². The van der Waals surface area contributed by atoms with Crippen molar-refractivity contribution in [3.8, 4) is 44.9 Å². The second-order valence-corrected chi connectivity index (χ2v) is 25.0. The van der Waals surface area contributed by atoms with E-state index in [1.165, 1.54) is 24.1 Å².